The molecule has 0 aliphatic heterocycles. The van der Waals surface area contributed by atoms with Gasteiger partial charge in [-0.25, -0.2) is 9.97 Å². The number of rotatable bonds is 7. The first-order valence-electron chi connectivity index (χ1n) is 10.8. The number of aromatic nitrogens is 5. The molecule has 3 aromatic heterocycles. The van der Waals surface area contributed by atoms with Crippen LogP contribution in [0.5, 0.6) is 0 Å². The number of pyridine rings is 1. The zero-order chi connectivity index (χ0) is 22.7. The first-order chi connectivity index (χ1) is 15.5. The maximum atomic E-state index is 9.87. The number of aliphatic hydroxyl groups is 1. The molecule has 0 unspecified atom stereocenters. The average Bonchev–Trinajstić information content (AvgIpc) is 3.24. The van der Waals surface area contributed by atoms with Gasteiger partial charge in [-0.05, 0) is 56.5 Å². The highest BCUT2D eigenvalue weighted by atomic mass is 16.3. The molecule has 2 N–H and O–H groups in total. The normalized spacial score (nSPS) is 12.0. The third-order valence-corrected chi connectivity index (χ3v) is 5.54. The fourth-order valence-electron chi connectivity index (χ4n) is 3.68. The Labute approximate surface area is 188 Å². The molecule has 32 heavy (non-hydrogen) atoms. The molecule has 0 saturated heterocycles. The Morgan fingerprint density at radius 2 is 1.78 bits per heavy atom. The van der Waals surface area contributed by atoms with E-state index in [-0.39, 0.29) is 12.6 Å². The monoisotopic (exact) mass is 428 g/mol. The highest BCUT2D eigenvalue weighted by Crippen LogP contribution is 2.26. The van der Waals surface area contributed by atoms with Crippen LogP contribution < -0.4 is 5.32 Å². The lowest BCUT2D eigenvalue weighted by atomic mass is 10.0. The van der Waals surface area contributed by atoms with Crippen molar-refractivity contribution in [3.63, 3.8) is 0 Å². The second-order valence-corrected chi connectivity index (χ2v) is 8.02. The summed E-state index contributed by atoms with van der Waals surface area (Å²) in [5, 5.41) is 22.2. The molecule has 7 heteroatoms. The topological polar surface area (TPSA) is 88.8 Å². The minimum Gasteiger partial charge on any atom is -0.390 e. The molecule has 3 heterocycles. The van der Waals surface area contributed by atoms with Gasteiger partial charge in [-0.1, -0.05) is 36.8 Å². The lowest BCUT2D eigenvalue weighted by Crippen LogP contribution is -2.12. The summed E-state index contributed by atoms with van der Waals surface area (Å²) in [7, 11) is 0. The maximum absolute atomic E-state index is 9.87. The fraction of sp³-hybridized carbons (Fsp3) is 0.280. The second-order valence-electron chi connectivity index (χ2n) is 8.02. The number of aliphatic hydroxyl groups excluding tert-OH is 1. The van der Waals surface area contributed by atoms with E-state index in [1.165, 1.54) is 11.1 Å². The van der Waals surface area contributed by atoms with E-state index in [9.17, 15) is 5.11 Å². The van der Waals surface area contributed by atoms with Crippen molar-refractivity contribution in [3.05, 3.63) is 83.1 Å². The Balaban J connectivity index is 1.59. The molecule has 4 rings (SSSR count). The molecular formula is C25H28N6O. The van der Waals surface area contributed by atoms with Crippen molar-refractivity contribution in [1.82, 2.24) is 24.7 Å². The quantitative estimate of drug-likeness (QED) is 0.443. The number of hydrogen-bond donors (Lipinski definition) is 2. The van der Waals surface area contributed by atoms with Crippen LogP contribution in [0.15, 0.2) is 55.0 Å². The van der Waals surface area contributed by atoms with Gasteiger partial charge in [0.25, 0.3) is 0 Å². The van der Waals surface area contributed by atoms with Gasteiger partial charge < -0.3 is 15.0 Å². The van der Waals surface area contributed by atoms with Crippen LogP contribution >= 0.6 is 0 Å². The molecule has 7 nitrogen and oxygen atoms in total. The van der Waals surface area contributed by atoms with E-state index < -0.39 is 0 Å². The lowest BCUT2D eigenvalue weighted by Gasteiger charge is -2.19. The molecule has 0 bridgehead atoms. The predicted molar refractivity (Wildman–Crippen MR) is 126 cm³/mol. The van der Waals surface area contributed by atoms with E-state index in [2.05, 4.69) is 63.6 Å². The van der Waals surface area contributed by atoms with Crippen LogP contribution in [0.2, 0.25) is 0 Å². The number of nitrogens with one attached hydrogen (secondary N) is 1. The standard InChI is InChI=1S/C25H28N6O/c1-5-20(19-8-6-16(2)7-9-19)28-25-17(3)12-22(29-30-25)21-10-11-24(23(14-32)27-21)31-13-18(4)26-15-31/h6-13,15,20,32H,5,14H2,1-4H3,(H,28,30)/t20-/m0/s1. The van der Waals surface area contributed by atoms with Gasteiger partial charge in [-0.15, -0.1) is 10.2 Å². The van der Waals surface area contributed by atoms with Crippen molar-refractivity contribution in [2.75, 3.05) is 5.32 Å². The molecule has 1 atom stereocenters. The number of nitrogens with zero attached hydrogens (tertiary/aromatic N) is 5. The van der Waals surface area contributed by atoms with E-state index >= 15 is 0 Å². The number of hydrogen-bond acceptors (Lipinski definition) is 6. The van der Waals surface area contributed by atoms with Crippen molar-refractivity contribution >= 4 is 5.82 Å². The molecule has 164 valence electrons. The van der Waals surface area contributed by atoms with Crippen molar-refractivity contribution in [2.45, 2.75) is 46.8 Å². The molecular weight excluding hydrogens is 400 g/mol. The van der Waals surface area contributed by atoms with Crippen LogP contribution in [0.25, 0.3) is 17.1 Å². The molecule has 0 saturated carbocycles. The van der Waals surface area contributed by atoms with E-state index in [1.54, 1.807) is 6.33 Å². The Kier molecular flexibility index (Phi) is 6.28. The van der Waals surface area contributed by atoms with Crippen LogP contribution in [0.1, 0.15) is 47.5 Å². The minimum atomic E-state index is -0.179. The highest BCUT2D eigenvalue weighted by Gasteiger charge is 2.14. The van der Waals surface area contributed by atoms with Crippen molar-refractivity contribution in [1.29, 1.82) is 0 Å². The van der Waals surface area contributed by atoms with Crippen LogP contribution in [0.4, 0.5) is 5.82 Å². The van der Waals surface area contributed by atoms with Crippen molar-refractivity contribution in [2.24, 2.45) is 0 Å². The summed E-state index contributed by atoms with van der Waals surface area (Å²) in [5.74, 6) is 0.758. The average molecular weight is 429 g/mol. The van der Waals surface area contributed by atoms with Gasteiger partial charge >= 0.3 is 0 Å². The summed E-state index contributed by atoms with van der Waals surface area (Å²) in [5.41, 5.74) is 7.05. The van der Waals surface area contributed by atoms with Crippen LogP contribution in [0, 0.1) is 20.8 Å². The fourth-order valence-corrected chi connectivity index (χ4v) is 3.68. The number of imidazole rings is 1. The molecule has 0 spiro atoms. The zero-order valence-electron chi connectivity index (χ0n) is 18.9. The summed E-state index contributed by atoms with van der Waals surface area (Å²) >= 11 is 0. The minimum absolute atomic E-state index is 0.159. The summed E-state index contributed by atoms with van der Waals surface area (Å²) in [6, 6.07) is 14.5. The van der Waals surface area contributed by atoms with Gasteiger partial charge in [0.15, 0.2) is 5.82 Å². The van der Waals surface area contributed by atoms with Gasteiger partial charge in [0, 0.05) is 6.20 Å². The molecule has 1 aromatic carbocycles. The van der Waals surface area contributed by atoms with Gasteiger partial charge in [-0.2, -0.15) is 0 Å². The van der Waals surface area contributed by atoms with Crippen molar-refractivity contribution < 1.29 is 5.11 Å². The Bertz CT molecular complexity index is 1220. The van der Waals surface area contributed by atoms with Gasteiger partial charge in [0.2, 0.25) is 0 Å². The summed E-state index contributed by atoms with van der Waals surface area (Å²) in [4.78, 5) is 8.88. The van der Waals surface area contributed by atoms with Crippen LogP contribution in [0.3, 0.4) is 0 Å². The van der Waals surface area contributed by atoms with Gasteiger partial charge in [0.05, 0.1) is 41.7 Å². The highest BCUT2D eigenvalue weighted by molar-refractivity contribution is 5.60. The lowest BCUT2D eigenvalue weighted by molar-refractivity contribution is 0.276. The summed E-state index contributed by atoms with van der Waals surface area (Å²) < 4.78 is 1.86. The smallest absolute Gasteiger partial charge is 0.152 e. The first kappa shape index (κ1) is 21.6. The summed E-state index contributed by atoms with van der Waals surface area (Å²) in [6.07, 6.45) is 4.55. The van der Waals surface area contributed by atoms with E-state index in [0.717, 1.165) is 29.2 Å². The third-order valence-electron chi connectivity index (χ3n) is 5.54. The second kappa shape index (κ2) is 9.28. The predicted octanol–water partition coefficient (Wildman–Crippen LogP) is 4.71. The molecule has 0 radical (unpaired) electrons. The van der Waals surface area contributed by atoms with Gasteiger partial charge in [-0.3, -0.25) is 0 Å². The molecule has 0 aliphatic rings. The van der Waals surface area contributed by atoms with E-state index in [4.69, 9.17) is 0 Å². The van der Waals surface area contributed by atoms with Gasteiger partial charge in [0.1, 0.15) is 5.69 Å². The molecule has 0 aliphatic carbocycles. The Morgan fingerprint density at radius 3 is 2.41 bits per heavy atom. The molecule has 0 amide bonds. The van der Waals surface area contributed by atoms with E-state index in [0.29, 0.717) is 17.1 Å². The SMILES string of the molecule is CC[C@H](Nc1nnc(-c2ccc(-n3cnc(C)c3)c(CO)n2)cc1C)c1ccc(C)cc1. The maximum Gasteiger partial charge on any atom is 0.152 e. The van der Waals surface area contributed by atoms with E-state index in [1.807, 2.05) is 42.8 Å². The van der Waals surface area contributed by atoms with Crippen LogP contribution in [-0.4, -0.2) is 29.8 Å². The zero-order valence-corrected chi connectivity index (χ0v) is 18.9. The molecule has 0 fully saturated rings. The Hall–Kier alpha value is -3.58. The number of anilines is 1. The first-order valence-corrected chi connectivity index (χ1v) is 10.8. The number of benzene rings is 1. The third kappa shape index (κ3) is 4.53. The molecule has 4 aromatic rings. The Morgan fingerprint density at radius 1 is 1.00 bits per heavy atom. The summed E-state index contributed by atoms with van der Waals surface area (Å²) in [6.45, 7) is 8.00. The largest absolute Gasteiger partial charge is 0.390 e. The van der Waals surface area contributed by atoms with Crippen LogP contribution in [-0.2, 0) is 6.61 Å². The number of aryl methyl sites for hydroxylation is 3. The van der Waals surface area contributed by atoms with Crippen molar-refractivity contribution in [3.8, 4) is 17.1 Å².